The number of pyridine rings is 3. The van der Waals surface area contributed by atoms with Crippen LogP contribution in [-0.4, -0.2) is 37.8 Å². The first-order valence-corrected chi connectivity index (χ1v) is 26.8. The number of hydrogen-bond acceptors (Lipinski definition) is 6. The molecule has 10 rings (SSSR count). The number of hydrogen-bond donors (Lipinski definition) is 0. The van der Waals surface area contributed by atoms with E-state index in [1.807, 2.05) is 86.8 Å². The third kappa shape index (κ3) is 7.19. The maximum Gasteiger partial charge on any atom is 0.142 e. The Bertz CT molecular complexity index is 3100. The average molecular weight is 999 g/mol. The Hall–Kier alpha value is -5.41. The molecular weight excluding hydrogens is 955 g/mol. The summed E-state index contributed by atoms with van der Waals surface area (Å²) in [5, 5.41) is 4.22. The summed E-state index contributed by atoms with van der Waals surface area (Å²) in [5.74, 6) is 8.71. The van der Waals surface area contributed by atoms with Gasteiger partial charge in [-0.25, -0.2) is 0 Å². The van der Waals surface area contributed by atoms with E-state index in [1.165, 1.54) is 9.96 Å². The molecule has 0 spiro atoms. The van der Waals surface area contributed by atoms with Gasteiger partial charge >= 0.3 is 170 Å². The number of aromatic nitrogens is 5. The van der Waals surface area contributed by atoms with E-state index in [1.54, 1.807) is 0 Å². The number of imidazole rings is 1. The van der Waals surface area contributed by atoms with E-state index in [0.29, 0.717) is 11.6 Å². The zero-order chi connectivity index (χ0) is 39.4. The molecule has 10 aromatic rings. The van der Waals surface area contributed by atoms with Crippen LogP contribution in [0.4, 0.5) is 0 Å². The van der Waals surface area contributed by atoms with E-state index >= 15 is 0 Å². The van der Waals surface area contributed by atoms with Gasteiger partial charge in [0.15, 0.2) is 0 Å². The van der Waals surface area contributed by atoms with Gasteiger partial charge in [-0.15, -0.1) is 18.2 Å². The summed E-state index contributed by atoms with van der Waals surface area (Å²) < 4.78 is 16.1. The van der Waals surface area contributed by atoms with Gasteiger partial charge in [0, 0.05) is 37.4 Å². The molecule has 0 aliphatic rings. The number of aryl methyl sites for hydroxylation is 2. The topological polar surface area (TPSA) is 82.8 Å². The molecule has 4 aromatic carbocycles. The van der Waals surface area contributed by atoms with Crippen LogP contribution < -0.4 is 4.40 Å². The Morgan fingerprint density at radius 1 is 0.707 bits per heavy atom. The molecule has 291 valence electrons. The van der Waals surface area contributed by atoms with Crippen LogP contribution >= 0.6 is 0 Å². The van der Waals surface area contributed by atoms with Crippen molar-refractivity contribution in [3.8, 4) is 28.3 Å². The van der Waals surface area contributed by atoms with Gasteiger partial charge in [-0.2, -0.15) is 0 Å². The maximum atomic E-state index is 6.31. The predicted molar refractivity (Wildman–Crippen MR) is 235 cm³/mol. The van der Waals surface area contributed by atoms with Crippen molar-refractivity contribution in [2.45, 2.75) is 51.4 Å². The van der Waals surface area contributed by atoms with Gasteiger partial charge in [0.25, 0.3) is 0 Å². The minimum absolute atomic E-state index is 0. The molecule has 6 heterocycles. The third-order valence-corrected chi connectivity index (χ3v) is 14.8. The standard InChI is InChI=1S/C25H16N3O.C24H27GeN2O.Ir/c1-16-23-19(14-15-26-16)18-10-7-11-20(24(18)29-23)25-27-21-12-5-6-13-22(21)28(25)17-8-3-2-4-9-17;1-15(2)12-17-13-22(26-14-21(17)25(4,5)6)20-9-7-8-18-19-11-10-16(3)27-24(19)28-23(18)20;/h2-10,12-15H,1H3;7-8,10-11,13-15H,12H2,1-6H3;/q2*-1;. The van der Waals surface area contributed by atoms with Gasteiger partial charge < -0.3 is 8.98 Å². The molecular formula is C49H43GeIrN5O2-2. The molecule has 0 atom stereocenters. The molecule has 0 N–H and O–H groups in total. The van der Waals surface area contributed by atoms with Crippen LogP contribution in [0.5, 0.6) is 0 Å². The Balaban J connectivity index is 0.000000159. The van der Waals surface area contributed by atoms with Gasteiger partial charge in [-0.1, -0.05) is 41.3 Å². The number of fused-ring (bicyclic) bond motifs is 7. The normalized spacial score (nSPS) is 11.8. The number of furan rings is 2. The van der Waals surface area contributed by atoms with Crippen LogP contribution in [0.15, 0.2) is 124 Å². The number of nitrogens with zero attached hydrogens (tertiary/aromatic N) is 5. The molecule has 7 nitrogen and oxygen atoms in total. The van der Waals surface area contributed by atoms with Crippen molar-refractivity contribution in [1.29, 1.82) is 0 Å². The van der Waals surface area contributed by atoms with Gasteiger partial charge in [-0.3, -0.25) is 9.97 Å². The second-order valence-electron chi connectivity index (χ2n) is 16.1. The summed E-state index contributed by atoms with van der Waals surface area (Å²) in [4.78, 5) is 18.8. The van der Waals surface area contributed by atoms with E-state index in [9.17, 15) is 0 Å². The van der Waals surface area contributed by atoms with Gasteiger partial charge in [0.2, 0.25) is 0 Å². The Morgan fingerprint density at radius 3 is 2.16 bits per heavy atom. The van der Waals surface area contributed by atoms with Crippen molar-refractivity contribution < 1.29 is 28.9 Å². The minimum atomic E-state index is -1.99. The maximum absolute atomic E-state index is 6.31. The second kappa shape index (κ2) is 15.7. The number of rotatable bonds is 6. The first-order chi connectivity index (χ1) is 27.5. The van der Waals surface area contributed by atoms with Gasteiger partial charge in [0.05, 0.1) is 28.1 Å². The first-order valence-electron chi connectivity index (χ1n) is 19.5. The summed E-state index contributed by atoms with van der Waals surface area (Å²) in [6.07, 6.45) is 5.01. The SMILES string of the molecule is Cc1ccc2c(n1)oc1c(-c3cc(CC(C)C)[c]([Ge]([CH3])([CH3])[CH3])cn3)[c-]ccc12.Cc1nccc2c1oc1c(-c3nc4ccccc4n3-c3ccccc3)[c-]ccc12.[Ir]. The molecule has 9 heteroatoms. The fourth-order valence-corrected chi connectivity index (χ4v) is 11.2. The van der Waals surface area contributed by atoms with E-state index in [-0.39, 0.29) is 20.1 Å². The van der Waals surface area contributed by atoms with Gasteiger partial charge in [-0.05, 0) is 37.3 Å². The Labute approximate surface area is 354 Å². The van der Waals surface area contributed by atoms with E-state index in [4.69, 9.17) is 18.8 Å². The number of benzene rings is 4. The fraction of sp³-hybridized carbons (Fsp3) is 0.184. The molecule has 0 unspecified atom stereocenters. The minimum Gasteiger partial charge on any atom is -0.499 e. The molecule has 0 fully saturated rings. The smallest absolute Gasteiger partial charge is 0.142 e. The molecule has 0 saturated heterocycles. The number of para-hydroxylation sites is 3. The quantitative estimate of drug-likeness (QED) is 0.122. The van der Waals surface area contributed by atoms with E-state index < -0.39 is 13.3 Å². The first kappa shape index (κ1) is 39.4. The average Bonchev–Trinajstić information content (AvgIpc) is 3.89. The monoisotopic (exact) mass is 1000 g/mol. The van der Waals surface area contributed by atoms with Crippen LogP contribution in [0.2, 0.25) is 17.3 Å². The van der Waals surface area contributed by atoms with Crippen molar-refractivity contribution in [1.82, 2.24) is 24.5 Å². The van der Waals surface area contributed by atoms with Crippen molar-refractivity contribution >= 4 is 72.7 Å². The van der Waals surface area contributed by atoms with Crippen LogP contribution in [0.25, 0.3) is 83.4 Å². The summed E-state index contributed by atoms with van der Waals surface area (Å²) in [5.41, 5.74) is 12.1. The molecule has 58 heavy (non-hydrogen) atoms. The zero-order valence-corrected chi connectivity index (χ0v) is 38.1. The summed E-state index contributed by atoms with van der Waals surface area (Å²) in [6, 6.07) is 41.6. The van der Waals surface area contributed by atoms with E-state index in [2.05, 4.69) is 100 Å². The molecule has 0 amide bonds. The predicted octanol–water partition coefficient (Wildman–Crippen LogP) is 12.0. The zero-order valence-electron chi connectivity index (χ0n) is 33.6. The Morgan fingerprint density at radius 2 is 1.40 bits per heavy atom. The van der Waals surface area contributed by atoms with Crippen LogP contribution in [0, 0.1) is 31.9 Å². The third-order valence-electron chi connectivity index (χ3n) is 10.4. The van der Waals surface area contributed by atoms with Crippen molar-refractivity contribution in [3.05, 3.63) is 145 Å². The second-order valence-corrected chi connectivity index (χ2v) is 26.7. The summed E-state index contributed by atoms with van der Waals surface area (Å²) in [6.45, 7) is 8.50. The van der Waals surface area contributed by atoms with Crippen molar-refractivity contribution in [2.24, 2.45) is 5.92 Å². The summed E-state index contributed by atoms with van der Waals surface area (Å²) >= 11 is -1.99. The van der Waals surface area contributed by atoms with Crippen LogP contribution in [-0.2, 0) is 26.5 Å². The largest absolute Gasteiger partial charge is 0.499 e. The molecule has 0 aliphatic heterocycles. The van der Waals surface area contributed by atoms with Crippen molar-refractivity contribution in [2.75, 3.05) is 0 Å². The summed E-state index contributed by atoms with van der Waals surface area (Å²) in [7, 11) is 0. The fourth-order valence-electron chi connectivity index (χ4n) is 7.82. The molecule has 0 saturated carbocycles. The van der Waals surface area contributed by atoms with Crippen molar-refractivity contribution in [3.63, 3.8) is 0 Å². The molecule has 0 aliphatic carbocycles. The van der Waals surface area contributed by atoms with Crippen LogP contribution in [0.1, 0.15) is 30.8 Å². The molecule has 1 radical (unpaired) electrons. The van der Waals surface area contributed by atoms with Gasteiger partial charge in [0.1, 0.15) is 5.58 Å². The van der Waals surface area contributed by atoms with E-state index in [0.717, 1.165) is 95.5 Å². The Kier molecular flexibility index (Phi) is 10.7. The van der Waals surface area contributed by atoms with Crippen LogP contribution in [0.3, 0.4) is 0 Å². The molecule has 6 aromatic heterocycles. The molecule has 0 bridgehead atoms.